The average molecular weight is 290 g/mol. The summed E-state index contributed by atoms with van der Waals surface area (Å²) in [7, 11) is -2.13. The molecule has 0 bridgehead atoms. The molecule has 0 spiro atoms. The normalized spacial score (nSPS) is 11.5. The molecule has 1 aromatic heterocycles. The van der Waals surface area contributed by atoms with Gasteiger partial charge < -0.3 is 4.57 Å². The number of aromatic nitrogens is 2. The molecule has 0 aliphatic heterocycles. The molecule has 0 atom stereocenters. The topological polar surface area (TPSA) is 64.0 Å². The van der Waals surface area contributed by atoms with Gasteiger partial charge in [0.05, 0.1) is 17.0 Å². The number of anilines is 1. The molecule has 5 nitrogen and oxygen atoms in total. The van der Waals surface area contributed by atoms with E-state index in [-0.39, 0.29) is 15.7 Å². The number of hydrogen-bond acceptors (Lipinski definition) is 3. The fourth-order valence-electron chi connectivity index (χ4n) is 1.29. The minimum Gasteiger partial charge on any atom is -0.339 e. The summed E-state index contributed by atoms with van der Waals surface area (Å²) in [6.45, 7) is 0. The first-order chi connectivity index (χ1) is 8.38. The molecular weight excluding hydrogens is 281 g/mol. The molecule has 0 saturated carbocycles. The standard InChI is InChI=1S/C10H9ClFN3O2S/c1-15-5-10(13-6-15)18(16,17)14-7-2-3-9(12)8(11)4-7/h2-6,14H,1H3. The molecule has 0 radical (unpaired) electrons. The highest BCUT2D eigenvalue weighted by molar-refractivity contribution is 7.92. The van der Waals surface area contributed by atoms with Crippen LogP contribution in [0.3, 0.4) is 0 Å². The van der Waals surface area contributed by atoms with Crippen LogP contribution in [0.4, 0.5) is 10.1 Å². The van der Waals surface area contributed by atoms with E-state index in [1.54, 1.807) is 7.05 Å². The van der Waals surface area contributed by atoms with Crippen LogP contribution >= 0.6 is 11.6 Å². The summed E-state index contributed by atoms with van der Waals surface area (Å²) in [5, 5.41) is -0.276. The summed E-state index contributed by atoms with van der Waals surface area (Å²) in [5.41, 5.74) is 0.173. The first-order valence-corrected chi connectivity index (χ1v) is 6.70. The largest absolute Gasteiger partial charge is 0.339 e. The SMILES string of the molecule is Cn1cnc(S(=O)(=O)Nc2ccc(F)c(Cl)c2)c1. The number of aryl methyl sites for hydroxylation is 1. The maximum absolute atomic E-state index is 12.9. The van der Waals surface area contributed by atoms with Gasteiger partial charge in [0.1, 0.15) is 5.82 Å². The summed E-state index contributed by atoms with van der Waals surface area (Å²) < 4.78 is 40.5. The van der Waals surface area contributed by atoms with Gasteiger partial charge in [0.25, 0.3) is 10.0 Å². The van der Waals surface area contributed by atoms with Crippen LogP contribution in [-0.4, -0.2) is 18.0 Å². The summed E-state index contributed by atoms with van der Waals surface area (Å²) in [6, 6.07) is 3.55. The number of halogens is 2. The van der Waals surface area contributed by atoms with Gasteiger partial charge in [-0.15, -0.1) is 0 Å². The molecule has 0 fully saturated rings. The average Bonchev–Trinajstić information content (AvgIpc) is 2.71. The van der Waals surface area contributed by atoms with Crippen LogP contribution in [-0.2, 0) is 17.1 Å². The maximum atomic E-state index is 12.9. The summed E-state index contributed by atoms with van der Waals surface area (Å²) in [5.74, 6) is -0.613. The van der Waals surface area contributed by atoms with Crippen LogP contribution in [0.1, 0.15) is 0 Å². The van der Waals surface area contributed by atoms with E-state index >= 15 is 0 Å². The Bertz CT molecular complexity index is 684. The van der Waals surface area contributed by atoms with Crippen LogP contribution in [0.5, 0.6) is 0 Å². The highest BCUT2D eigenvalue weighted by Crippen LogP contribution is 2.21. The van der Waals surface area contributed by atoms with Crippen molar-refractivity contribution in [3.63, 3.8) is 0 Å². The molecule has 1 aromatic carbocycles. The van der Waals surface area contributed by atoms with Gasteiger partial charge in [0, 0.05) is 13.2 Å². The van der Waals surface area contributed by atoms with E-state index in [9.17, 15) is 12.8 Å². The zero-order chi connectivity index (χ0) is 13.3. The number of hydrogen-bond donors (Lipinski definition) is 1. The summed E-state index contributed by atoms with van der Waals surface area (Å²) >= 11 is 5.56. The lowest BCUT2D eigenvalue weighted by atomic mass is 10.3. The lowest BCUT2D eigenvalue weighted by Crippen LogP contribution is -2.13. The Balaban J connectivity index is 2.30. The number of benzene rings is 1. The number of sulfonamides is 1. The van der Waals surface area contributed by atoms with Gasteiger partial charge in [-0.05, 0) is 18.2 Å². The van der Waals surface area contributed by atoms with Crippen molar-refractivity contribution in [1.82, 2.24) is 9.55 Å². The lowest BCUT2D eigenvalue weighted by molar-refractivity contribution is 0.598. The lowest BCUT2D eigenvalue weighted by Gasteiger charge is -2.06. The Morgan fingerprint density at radius 3 is 2.72 bits per heavy atom. The smallest absolute Gasteiger partial charge is 0.280 e. The number of nitrogens with one attached hydrogen (secondary N) is 1. The van der Waals surface area contributed by atoms with Crippen molar-refractivity contribution in [2.45, 2.75) is 5.03 Å². The van der Waals surface area contributed by atoms with Gasteiger partial charge in [0.2, 0.25) is 0 Å². The predicted molar refractivity (Wildman–Crippen MR) is 65.4 cm³/mol. The zero-order valence-corrected chi connectivity index (χ0v) is 10.8. The molecule has 0 unspecified atom stereocenters. The van der Waals surface area contributed by atoms with Crippen molar-refractivity contribution in [2.24, 2.45) is 7.05 Å². The van der Waals surface area contributed by atoms with Crippen LogP contribution in [0.25, 0.3) is 0 Å². The van der Waals surface area contributed by atoms with Gasteiger partial charge >= 0.3 is 0 Å². The molecule has 0 aliphatic carbocycles. The highest BCUT2D eigenvalue weighted by Gasteiger charge is 2.17. The van der Waals surface area contributed by atoms with Crippen LogP contribution < -0.4 is 4.72 Å². The quantitative estimate of drug-likeness (QED) is 0.940. The van der Waals surface area contributed by atoms with Gasteiger partial charge in [-0.2, -0.15) is 8.42 Å². The van der Waals surface area contributed by atoms with Gasteiger partial charge in [0.15, 0.2) is 5.03 Å². The van der Waals surface area contributed by atoms with Gasteiger partial charge in [-0.25, -0.2) is 9.37 Å². The Labute approximate surface area is 108 Å². The fraction of sp³-hybridized carbons (Fsp3) is 0.100. The van der Waals surface area contributed by atoms with E-state index in [0.717, 1.165) is 6.07 Å². The van der Waals surface area contributed by atoms with Gasteiger partial charge in [-0.1, -0.05) is 11.6 Å². The van der Waals surface area contributed by atoms with Crippen LogP contribution in [0, 0.1) is 5.82 Å². The Morgan fingerprint density at radius 2 is 2.17 bits per heavy atom. The minimum atomic E-state index is -3.79. The molecule has 0 aliphatic rings. The van der Waals surface area contributed by atoms with E-state index in [4.69, 9.17) is 11.6 Å². The molecule has 1 heterocycles. The maximum Gasteiger partial charge on any atom is 0.280 e. The number of imidazole rings is 1. The van der Waals surface area contributed by atoms with Crippen molar-refractivity contribution in [3.05, 3.63) is 41.6 Å². The molecule has 8 heteroatoms. The van der Waals surface area contributed by atoms with Crippen LogP contribution in [0.15, 0.2) is 35.7 Å². The Kier molecular flexibility index (Phi) is 3.27. The molecule has 2 aromatic rings. The van der Waals surface area contributed by atoms with E-state index in [1.165, 1.54) is 29.2 Å². The first-order valence-electron chi connectivity index (χ1n) is 4.84. The third-order valence-corrected chi connectivity index (χ3v) is 3.68. The molecular formula is C10H9ClFN3O2S. The van der Waals surface area contributed by atoms with Crippen molar-refractivity contribution in [1.29, 1.82) is 0 Å². The van der Waals surface area contributed by atoms with Crippen LogP contribution in [0.2, 0.25) is 5.02 Å². The second-order valence-corrected chi connectivity index (χ2v) is 5.65. The van der Waals surface area contributed by atoms with E-state index in [2.05, 4.69) is 9.71 Å². The minimum absolute atomic E-state index is 0.120. The van der Waals surface area contributed by atoms with Crippen molar-refractivity contribution >= 4 is 27.3 Å². The van der Waals surface area contributed by atoms with E-state index in [1.807, 2.05) is 0 Å². The number of rotatable bonds is 3. The second-order valence-electron chi connectivity index (χ2n) is 3.61. The molecule has 96 valence electrons. The van der Waals surface area contributed by atoms with Crippen molar-refractivity contribution in [3.8, 4) is 0 Å². The zero-order valence-electron chi connectivity index (χ0n) is 9.26. The number of nitrogens with zero attached hydrogens (tertiary/aromatic N) is 2. The predicted octanol–water partition coefficient (Wildman–Crippen LogP) is 2.01. The molecule has 1 N–H and O–H groups in total. The fourth-order valence-corrected chi connectivity index (χ4v) is 2.51. The first kappa shape index (κ1) is 12.8. The van der Waals surface area contributed by atoms with E-state index in [0.29, 0.717) is 0 Å². The Morgan fingerprint density at radius 1 is 1.44 bits per heavy atom. The van der Waals surface area contributed by atoms with Crippen molar-refractivity contribution in [2.75, 3.05) is 4.72 Å². The summed E-state index contributed by atoms with van der Waals surface area (Å²) in [4.78, 5) is 3.73. The highest BCUT2D eigenvalue weighted by atomic mass is 35.5. The van der Waals surface area contributed by atoms with Gasteiger partial charge in [-0.3, -0.25) is 4.72 Å². The third kappa shape index (κ3) is 2.62. The Hall–Kier alpha value is -1.60. The molecule has 0 amide bonds. The van der Waals surface area contributed by atoms with Crippen molar-refractivity contribution < 1.29 is 12.8 Å². The molecule has 18 heavy (non-hydrogen) atoms. The second kappa shape index (κ2) is 4.58. The monoisotopic (exact) mass is 289 g/mol. The summed E-state index contributed by atoms with van der Waals surface area (Å²) in [6.07, 6.45) is 2.72. The van der Waals surface area contributed by atoms with E-state index < -0.39 is 15.8 Å². The molecule has 2 rings (SSSR count). The third-order valence-electron chi connectivity index (χ3n) is 2.13. The molecule has 0 saturated heterocycles.